The topological polar surface area (TPSA) is 55.4 Å². The van der Waals surface area contributed by atoms with Crippen LogP contribution in [0.4, 0.5) is 0 Å². The minimum atomic E-state index is 0.500. The van der Waals surface area contributed by atoms with Crippen molar-refractivity contribution in [2.45, 2.75) is 20.1 Å². The van der Waals surface area contributed by atoms with Crippen molar-refractivity contribution >= 4 is 0 Å². The van der Waals surface area contributed by atoms with Crippen molar-refractivity contribution in [3.8, 4) is 0 Å². The molecule has 0 fully saturated rings. The van der Waals surface area contributed by atoms with E-state index in [-0.39, 0.29) is 0 Å². The largest absolute Gasteiger partial charge is 0.377 e. The van der Waals surface area contributed by atoms with Gasteiger partial charge in [0.2, 0.25) is 0 Å². The first-order valence-electron chi connectivity index (χ1n) is 10.8. The third-order valence-electron chi connectivity index (χ3n) is 4.49. The lowest BCUT2D eigenvalue weighted by Crippen LogP contribution is -2.10. The van der Waals surface area contributed by atoms with E-state index in [4.69, 9.17) is 28.4 Å². The highest BCUT2D eigenvalue weighted by Gasteiger charge is 1.99. The molecule has 3 rings (SSSR count). The molecule has 1 aromatic carbocycles. The van der Waals surface area contributed by atoms with Crippen molar-refractivity contribution in [2.24, 2.45) is 0 Å². The van der Waals surface area contributed by atoms with Gasteiger partial charge in [0.05, 0.1) is 79.3 Å². The molecule has 0 unspecified atom stereocenters. The molecule has 0 radical (unpaired) electrons. The molecule has 0 spiro atoms. The van der Waals surface area contributed by atoms with Crippen molar-refractivity contribution in [2.75, 3.05) is 66.1 Å². The predicted molar refractivity (Wildman–Crippen MR) is 121 cm³/mol. The molecule has 0 aliphatic carbocycles. The van der Waals surface area contributed by atoms with Crippen molar-refractivity contribution in [3.05, 3.63) is 71.3 Å². The highest BCUT2D eigenvalue weighted by molar-refractivity contribution is 5.24. The molecule has 2 heterocycles. The summed E-state index contributed by atoms with van der Waals surface area (Å²) in [5.41, 5.74) is 4.40. The normalized spacial score (nSPS) is 23.3. The Morgan fingerprint density at radius 2 is 1.00 bits per heavy atom. The number of rotatable bonds is 1. The first-order chi connectivity index (χ1) is 15.3. The molecule has 2 bridgehead atoms. The lowest BCUT2D eigenvalue weighted by molar-refractivity contribution is 0.0138. The SMILES string of the molecule is C=C/C1=C\C=C(/C)COCCOCCOCc2ccc(cc2)COCCOCCOC1. The third-order valence-corrected chi connectivity index (χ3v) is 4.49. The van der Waals surface area contributed by atoms with Crippen LogP contribution in [0.3, 0.4) is 0 Å². The second-order valence-electron chi connectivity index (χ2n) is 7.21. The van der Waals surface area contributed by atoms with Crippen LogP contribution in [0.15, 0.2) is 60.2 Å². The van der Waals surface area contributed by atoms with Gasteiger partial charge in [0.15, 0.2) is 0 Å². The Bertz CT molecular complexity index is 665. The minimum absolute atomic E-state index is 0.500. The molecule has 2 aliphatic rings. The first-order valence-corrected chi connectivity index (χ1v) is 10.8. The maximum atomic E-state index is 5.66. The summed E-state index contributed by atoms with van der Waals surface area (Å²) >= 11 is 0. The van der Waals surface area contributed by atoms with Gasteiger partial charge in [0, 0.05) is 0 Å². The zero-order valence-corrected chi connectivity index (χ0v) is 18.7. The molecule has 6 nitrogen and oxygen atoms in total. The van der Waals surface area contributed by atoms with Gasteiger partial charge in [0.1, 0.15) is 0 Å². The van der Waals surface area contributed by atoms with Crippen molar-refractivity contribution < 1.29 is 28.4 Å². The van der Waals surface area contributed by atoms with E-state index in [1.54, 1.807) is 6.08 Å². The molecule has 1 aromatic rings. The maximum absolute atomic E-state index is 5.66. The average Bonchev–Trinajstić information content (AvgIpc) is 2.79. The molecular formula is C25H36O6. The van der Waals surface area contributed by atoms with Gasteiger partial charge in [-0.1, -0.05) is 49.1 Å². The van der Waals surface area contributed by atoms with Gasteiger partial charge in [-0.2, -0.15) is 0 Å². The van der Waals surface area contributed by atoms with E-state index in [2.05, 4.69) is 30.8 Å². The summed E-state index contributed by atoms with van der Waals surface area (Å²) in [7, 11) is 0. The molecule has 0 N–H and O–H groups in total. The highest BCUT2D eigenvalue weighted by atomic mass is 16.5. The Morgan fingerprint density at radius 1 is 0.581 bits per heavy atom. The van der Waals surface area contributed by atoms with Gasteiger partial charge in [-0.15, -0.1) is 0 Å². The Kier molecular flexibility index (Phi) is 13.8. The van der Waals surface area contributed by atoms with Crippen LogP contribution in [-0.2, 0) is 41.6 Å². The van der Waals surface area contributed by atoms with Gasteiger partial charge in [0.25, 0.3) is 0 Å². The van der Waals surface area contributed by atoms with E-state index in [0.717, 1.165) is 22.3 Å². The van der Waals surface area contributed by atoms with Gasteiger partial charge >= 0.3 is 0 Å². The van der Waals surface area contributed by atoms with Gasteiger partial charge < -0.3 is 28.4 Å². The summed E-state index contributed by atoms with van der Waals surface area (Å²) in [5, 5.41) is 0. The Balaban J connectivity index is 1.78. The van der Waals surface area contributed by atoms with Crippen molar-refractivity contribution in [1.29, 1.82) is 0 Å². The van der Waals surface area contributed by atoms with Crippen LogP contribution in [0.1, 0.15) is 18.1 Å². The van der Waals surface area contributed by atoms with E-state index in [9.17, 15) is 0 Å². The highest BCUT2D eigenvalue weighted by Crippen LogP contribution is 2.07. The van der Waals surface area contributed by atoms with Crippen LogP contribution in [0, 0.1) is 0 Å². The molecule has 0 aromatic heterocycles. The Morgan fingerprint density at radius 3 is 1.48 bits per heavy atom. The van der Waals surface area contributed by atoms with Crippen LogP contribution < -0.4 is 0 Å². The summed E-state index contributed by atoms with van der Waals surface area (Å²) in [4.78, 5) is 0. The van der Waals surface area contributed by atoms with Gasteiger partial charge in [-0.25, -0.2) is 0 Å². The molecule has 6 heteroatoms. The third kappa shape index (κ3) is 12.6. The average molecular weight is 433 g/mol. The molecular weight excluding hydrogens is 396 g/mol. The smallest absolute Gasteiger partial charge is 0.0718 e. The standard InChI is InChI=1S/C25H36O6/c1-3-23-5-4-22(2)18-28-14-10-26-12-16-30-20-24-6-8-25(9-7-24)21-31-17-13-27-11-15-29-19-23/h3-9H,1,10-21H2,2H3/b22-4+,23-5+. The molecule has 31 heavy (non-hydrogen) atoms. The molecule has 0 amide bonds. The van der Waals surface area contributed by atoms with Crippen LogP contribution in [0.25, 0.3) is 0 Å². The number of hydrogen-bond donors (Lipinski definition) is 0. The molecule has 2 aliphatic heterocycles. The number of allylic oxidation sites excluding steroid dienone is 2. The van der Waals surface area contributed by atoms with E-state index in [1.165, 1.54) is 0 Å². The second-order valence-corrected chi connectivity index (χ2v) is 7.21. The minimum Gasteiger partial charge on any atom is -0.377 e. The van der Waals surface area contributed by atoms with Crippen LogP contribution in [0.5, 0.6) is 0 Å². The van der Waals surface area contributed by atoms with Crippen molar-refractivity contribution in [3.63, 3.8) is 0 Å². The molecule has 172 valence electrons. The zero-order valence-electron chi connectivity index (χ0n) is 18.7. The van der Waals surface area contributed by atoms with Crippen molar-refractivity contribution in [1.82, 2.24) is 0 Å². The number of benzene rings is 1. The Labute approximate surface area is 186 Å². The second kappa shape index (κ2) is 16.8. The van der Waals surface area contributed by atoms with Gasteiger partial charge in [-0.05, 0) is 29.2 Å². The van der Waals surface area contributed by atoms with Crippen LogP contribution in [-0.4, -0.2) is 66.1 Å². The van der Waals surface area contributed by atoms with Gasteiger partial charge in [-0.3, -0.25) is 0 Å². The van der Waals surface area contributed by atoms with E-state index in [1.807, 2.05) is 19.1 Å². The summed E-state index contributed by atoms with van der Waals surface area (Å²) in [6, 6.07) is 8.25. The van der Waals surface area contributed by atoms with Crippen LogP contribution >= 0.6 is 0 Å². The van der Waals surface area contributed by atoms with E-state index in [0.29, 0.717) is 79.3 Å². The van der Waals surface area contributed by atoms with E-state index >= 15 is 0 Å². The molecule has 0 atom stereocenters. The maximum Gasteiger partial charge on any atom is 0.0718 e. The zero-order chi connectivity index (χ0) is 22.0. The monoisotopic (exact) mass is 432 g/mol. The molecule has 0 saturated heterocycles. The summed E-state index contributed by atoms with van der Waals surface area (Å²) < 4.78 is 33.7. The Hall–Kier alpha value is -1.80. The van der Waals surface area contributed by atoms with E-state index < -0.39 is 0 Å². The quantitative estimate of drug-likeness (QED) is 0.628. The lowest BCUT2D eigenvalue weighted by Gasteiger charge is -2.09. The first kappa shape index (κ1) is 25.5. The lowest BCUT2D eigenvalue weighted by atomic mass is 10.1. The predicted octanol–water partition coefficient (Wildman–Crippen LogP) is 3.86. The molecule has 0 saturated carbocycles. The fourth-order valence-corrected chi connectivity index (χ4v) is 2.68. The van der Waals surface area contributed by atoms with Crippen LogP contribution in [0.2, 0.25) is 0 Å². The summed E-state index contributed by atoms with van der Waals surface area (Å²) in [6.07, 6.45) is 5.83. The number of ether oxygens (including phenoxy) is 6. The fraction of sp³-hybridized carbons (Fsp3) is 0.520. The number of fused-ring (bicyclic) bond motifs is 21. The summed E-state index contributed by atoms with van der Waals surface area (Å²) in [5.74, 6) is 0. The number of hydrogen-bond acceptors (Lipinski definition) is 6. The fourth-order valence-electron chi connectivity index (χ4n) is 2.68. The summed E-state index contributed by atoms with van der Waals surface area (Å²) in [6.45, 7) is 12.4.